The minimum atomic E-state index is -0.838. The van der Waals surface area contributed by atoms with Gasteiger partial charge in [0.15, 0.2) is 17.3 Å². The van der Waals surface area contributed by atoms with E-state index >= 15 is 0 Å². The minimum Gasteiger partial charge on any atom is -0.494 e. The summed E-state index contributed by atoms with van der Waals surface area (Å²) in [5.41, 5.74) is 6.23. The van der Waals surface area contributed by atoms with Crippen LogP contribution >= 0.6 is 0 Å². The number of nitrogens with two attached hydrogens (primary N) is 1. The standard InChI is InChI=1S/C17H17N7O6/c1-28-14-8(16-21-12(7-25)30-24-16)4-3-5-9(14)19-10-6-11(20-17(27)29-2)22-23-13(10)15(18)26/h3-6,25H,7H2,1-2H3,(H2,18,26)(H2,19,20,22,27). The predicted molar refractivity (Wildman–Crippen MR) is 102 cm³/mol. The molecular formula is C17H17N7O6. The summed E-state index contributed by atoms with van der Waals surface area (Å²) in [6.45, 7) is -0.409. The normalized spacial score (nSPS) is 10.4. The van der Waals surface area contributed by atoms with Crippen molar-refractivity contribution in [2.24, 2.45) is 5.73 Å². The van der Waals surface area contributed by atoms with Crippen LogP contribution in [0.1, 0.15) is 16.4 Å². The zero-order valence-corrected chi connectivity index (χ0v) is 15.9. The number of ether oxygens (including phenoxy) is 2. The van der Waals surface area contributed by atoms with Gasteiger partial charge in [-0.15, -0.1) is 10.2 Å². The zero-order valence-electron chi connectivity index (χ0n) is 15.9. The molecule has 5 N–H and O–H groups in total. The van der Waals surface area contributed by atoms with Crippen molar-refractivity contribution in [2.45, 2.75) is 6.61 Å². The topological polar surface area (TPSA) is 188 Å². The Balaban J connectivity index is 2.02. The molecule has 0 spiro atoms. The number of hydrogen-bond acceptors (Lipinski definition) is 11. The number of para-hydroxylation sites is 1. The summed E-state index contributed by atoms with van der Waals surface area (Å²) < 4.78 is 14.9. The highest BCUT2D eigenvalue weighted by Crippen LogP contribution is 2.37. The lowest BCUT2D eigenvalue weighted by molar-refractivity contribution is 0.0995. The molecule has 0 fully saturated rings. The van der Waals surface area contributed by atoms with Gasteiger partial charge >= 0.3 is 6.09 Å². The smallest absolute Gasteiger partial charge is 0.412 e. The lowest BCUT2D eigenvalue weighted by Crippen LogP contribution is -2.18. The SMILES string of the molecule is COC(=O)Nc1cc(Nc2cccc(-c3noc(CO)n3)c2OC)c(C(N)=O)nn1. The highest BCUT2D eigenvalue weighted by molar-refractivity contribution is 5.98. The van der Waals surface area contributed by atoms with Crippen molar-refractivity contribution in [3.63, 3.8) is 0 Å². The van der Waals surface area contributed by atoms with Gasteiger partial charge in [0.1, 0.15) is 6.61 Å². The number of primary amides is 1. The third kappa shape index (κ3) is 4.25. The molecule has 0 unspecified atom stereocenters. The van der Waals surface area contributed by atoms with Crippen molar-refractivity contribution in [2.75, 3.05) is 24.9 Å². The fraction of sp³-hybridized carbons (Fsp3) is 0.176. The van der Waals surface area contributed by atoms with Crippen molar-refractivity contribution >= 4 is 29.2 Å². The Labute approximate surface area is 169 Å². The van der Waals surface area contributed by atoms with E-state index < -0.39 is 18.6 Å². The molecular weight excluding hydrogens is 398 g/mol. The third-order valence-electron chi connectivity index (χ3n) is 3.78. The number of nitrogens with zero attached hydrogens (tertiary/aromatic N) is 4. The number of benzene rings is 1. The molecule has 3 aromatic rings. The summed E-state index contributed by atoms with van der Waals surface area (Å²) in [5.74, 6) is -0.267. The van der Waals surface area contributed by atoms with Crippen molar-refractivity contribution < 1.29 is 28.7 Å². The van der Waals surface area contributed by atoms with E-state index in [1.165, 1.54) is 20.3 Å². The van der Waals surface area contributed by atoms with Gasteiger partial charge in [0, 0.05) is 6.07 Å². The second-order valence-corrected chi connectivity index (χ2v) is 5.65. The molecule has 156 valence electrons. The van der Waals surface area contributed by atoms with E-state index in [1.54, 1.807) is 18.2 Å². The Bertz CT molecular complexity index is 1080. The highest BCUT2D eigenvalue weighted by Gasteiger charge is 2.19. The minimum absolute atomic E-state index is 0.0234. The summed E-state index contributed by atoms with van der Waals surface area (Å²) in [5, 5.41) is 25.7. The number of rotatable bonds is 7. The van der Waals surface area contributed by atoms with Crippen LogP contribution in [-0.2, 0) is 11.3 Å². The Kier molecular flexibility index (Phi) is 6.03. The molecule has 2 aromatic heterocycles. The van der Waals surface area contributed by atoms with Gasteiger partial charge in [-0.05, 0) is 12.1 Å². The number of hydrogen-bond donors (Lipinski definition) is 4. The molecule has 0 aliphatic heterocycles. The van der Waals surface area contributed by atoms with Crippen LogP contribution in [0.15, 0.2) is 28.8 Å². The van der Waals surface area contributed by atoms with Crippen LogP contribution < -0.4 is 21.1 Å². The van der Waals surface area contributed by atoms with E-state index in [1.807, 2.05) is 0 Å². The van der Waals surface area contributed by atoms with Gasteiger partial charge in [0.05, 0.1) is 31.2 Å². The third-order valence-corrected chi connectivity index (χ3v) is 3.78. The first-order chi connectivity index (χ1) is 14.5. The number of aliphatic hydroxyl groups is 1. The van der Waals surface area contributed by atoms with E-state index in [4.69, 9.17) is 20.1 Å². The van der Waals surface area contributed by atoms with Gasteiger partial charge in [-0.3, -0.25) is 10.1 Å². The molecule has 0 aliphatic carbocycles. The number of amides is 2. The summed E-state index contributed by atoms with van der Waals surface area (Å²) in [4.78, 5) is 27.2. The Hall–Kier alpha value is -4.26. The van der Waals surface area contributed by atoms with E-state index in [0.29, 0.717) is 17.0 Å². The molecule has 1 aromatic carbocycles. The maximum atomic E-state index is 11.8. The number of carbonyl (C=O) groups is 2. The molecule has 3 rings (SSSR count). The number of carbonyl (C=O) groups excluding carboxylic acids is 2. The maximum Gasteiger partial charge on any atom is 0.412 e. The van der Waals surface area contributed by atoms with Crippen molar-refractivity contribution in [1.29, 1.82) is 0 Å². The first-order valence-corrected chi connectivity index (χ1v) is 8.37. The van der Waals surface area contributed by atoms with E-state index in [2.05, 4.69) is 35.7 Å². The van der Waals surface area contributed by atoms with E-state index in [0.717, 1.165) is 0 Å². The number of nitrogens with one attached hydrogen (secondary N) is 2. The van der Waals surface area contributed by atoms with Crippen LogP contribution in [0.5, 0.6) is 5.75 Å². The van der Waals surface area contributed by atoms with Gasteiger partial charge in [0.25, 0.3) is 11.8 Å². The Morgan fingerprint density at radius 2 is 2.03 bits per heavy atom. The fourth-order valence-corrected chi connectivity index (χ4v) is 2.49. The molecule has 0 radical (unpaired) electrons. The lowest BCUT2D eigenvalue weighted by Gasteiger charge is -2.15. The maximum absolute atomic E-state index is 11.8. The van der Waals surface area contributed by atoms with E-state index in [-0.39, 0.29) is 28.9 Å². The molecule has 2 heterocycles. The Morgan fingerprint density at radius 1 is 1.23 bits per heavy atom. The number of aromatic nitrogens is 4. The fourth-order valence-electron chi connectivity index (χ4n) is 2.49. The zero-order chi connectivity index (χ0) is 21.7. The molecule has 0 saturated heterocycles. The van der Waals surface area contributed by atoms with Gasteiger partial charge < -0.3 is 30.2 Å². The van der Waals surface area contributed by atoms with Crippen LogP contribution in [0.3, 0.4) is 0 Å². The quantitative estimate of drug-likeness (QED) is 0.432. The van der Waals surface area contributed by atoms with Crippen molar-refractivity contribution in [1.82, 2.24) is 20.3 Å². The average Bonchev–Trinajstić information content (AvgIpc) is 3.22. The summed E-state index contributed by atoms with van der Waals surface area (Å²) >= 11 is 0. The van der Waals surface area contributed by atoms with E-state index in [9.17, 15) is 9.59 Å². The molecule has 0 bridgehead atoms. The second kappa shape index (κ2) is 8.83. The summed E-state index contributed by atoms with van der Waals surface area (Å²) in [7, 11) is 2.62. The molecule has 0 saturated carbocycles. The van der Waals surface area contributed by atoms with Crippen LogP contribution in [0.25, 0.3) is 11.4 Å². The molecule has 0 atom stereocenters. The Morgan fingerprint density at radius 3 is 2.67 bits per heavy atom. The first-order valence-electron chi connectivity index (χ1n) is 8.37. The lowest BCUT2D eigenvalue weighted by atomic mass is 10.1. The molecule has 13 nitrogen and oxygen atoms in total. The van der Waals surface area contributed by atoms with Crippen molar-refractivity contribution in [3.05, 3.63) is 35.9 Å². The second-order valence-electron chi connectivity index (χ2n) is 5.65. The first kappa shape index (κ1) is 20.5. The molecule has 13 heteroatoms. The number of anilines is 3. The number of aliphatic hydroxyl groups excluding tert-OH is 1. The average molecular weight is 415 g/mol. The van der Waals surface area contributed by atoms with Gasteiger partial charge in [-0.25, -0.2) is 4.79 Å². The monoisotopic (exact) mass is 415 g/mol. The highest BCUT2D eigenvalue weighted by atomic mass is 16.5. The van der Waals surface area contributed by atoms with Crippen molar-refractivity contribution in [3.8, 4) is 17.1 Å². The van der Waals surface area contributed by atoms with Crippen LogP contribution in [0.4, 0.5) is 22.0 Å². The largest absolute Gasteiger partial charge is 0.494 e. The summed E-state index contributed by atoms with van der Waals surface area (Å²) in [6.07, 6.45) is -0.765. The number of methoxy groups -OCH3 is 2. The molecule has 30 heavy (non-hydrogen) atoms. The van der Waals surface area contributed by atoms with Gasteiger partial charge in [-0.2, -0.15) is 4.98 Å². The molecule has 0 aliphatic rings. The van der Waals surface area contributed by atoms with Gasteiger partial charge in [-0.1, -0.05) is 11.2 Å². The van der Waals surface area contributed by atoms with Crippen LogP contribution in [0, 0.1) is 0 Å². The summed E-state index contributed by atoms with van der Waals surface area (Å²) in [6, 6.07) is 6.38. The van der Waals surface area contributed by atoms with Crippen LogP contribution in [-0.4, -0.2) is 51.7 Å². The van der Waals surface area contributed by atoms with Gasteiger partial charge in [0.2, 0.25) is 5.82 Å². The predicted octanol–water partition coefficient (Wildman–Crippen LogP) is 1.05. The molecule has 2 amide bonds. The van der Waals surface area contributed by atoms with Crippen LogP contribution in [0.2, 0.25) is 0 Å².